The molecular weight excluding hydrogens is 334 g/mol. The number of anilines is 1. The van der Waals surface area contributed by atoms with Gasteiger partial charge in [0, 0.05) is 5.69 Å². The van der Waals surface area contributed by atoms with Gasteiger partial charge in [-0.2, -0.15) is 0 Å². The molecule has 0 saturated carbocycles. The zero-order valence-electron chi connectivity index (χ0n) is 17.0. The summed E-state index contributed by atoms with van der Waals surface area (Å²) in [7, 11) is -2.23. The Morgan fingerprint density at radius 3 is 1.58 bits per heavy atom. The quantitative estimate of drug-likeness (QED) is 0.531. The Bertz CT molecular complexity index is 673. The van der Waals surface area contributed by atoms with E-state index in [1.165, 1.54) is 0 Å². The molecule has 0 radical (unpaired) electrons. The van der Waals surface area contributed by atoms with E-state index in [9.17, 15) is 4.79 Å². The Balaban J connectivity index is 2.54. The number of benzene rings is 2. The number of rotatable bonds is 8. The van der Waals surface area contributed by atoms with Crippen LogP contribution in [0.1, 0.15) is 53.1 Å². The fraction of sp³-hybridized carbons (Fsp3) is 0.435. The number of para-hydroxylation sites is 1. The highest BCUT2D eigenvalue weighted by atomic mass is 28.3. The van der Waals surface area contributed by atoms with Crippen molar-refractivity contribution >= 4 is 19.2 Å². The number of carbonyl (C=O) groups is 1. The molecule has 2 rings (SSSR count). The van der Waals surface area contributed by atoms with E-state index < -0.39 is 8.07 Å². The summed E-state index contributed by atoms with van der Waals surface area (Å²) in [6, 6.07) is 20.0. The molecule has 0 spiro atoms. The van der Waals surface area contributed by atoms with Gasteiger partial charge < -0.3 is 10.1 Å². The van der Waals surface area contributed by atoms with Crippen LogP contribution in [-0.4, -0.2) is 13.5 Å². The van der Waals surface area contributed by atoms with Gasteiger partial charge >= 0.3 is 0 Å². The first-order valence-corrected chi connectivity index (χ1v) is 12.0. The van der Waals surface area contributed by atoms with Crippen LogP contribution in [0.25, 0.3) is 0 Å². The van der Waals surface area contributed by atoms with Crippen LogP contribution in [0.3, 0.4) is 0 Å². The van der Waals surface area contributed by atoms with Crippen LogP contribution < -0.4 is 5.32 Å². The van der Waals surface area contributed by atoms with Crippen LogP contribution in [0.2, 0.25) is 16.6 Å². The summed E-state index contributed by atoms with van der Waals surface area (Å²) in [4.78, 5) is 14.1. The summed E-state index contributed by atoms with van der Waals surface area (Å²) < 4.78 is 0. The molecule has 0 amide bonds. The third-order valence-corrected chi connectivity index (χ3v) is 12.6. The predicted molar refractivity (Wildman–Crippen MR) is 115 cm³/mol. The Hall–Kier alpha value is -1.87. The van der Waals surface area contributed by atoms with Crippen molar-refractivity contribution in [2.75, 3.05) is 5.32 Å². The van der Waals surface area contributed by atoms with Crippen molar-refractivity contribution in [3.8, 4) is 0 Å². The standard InChI is InChI=1S/C23H33NOSi/c1-17(2)26(18(3)4,19(5)6)23(25)22(20-13-9-7-10-14-20)24-21-15-11-8-12-16-21/h7-19,22,24H,1-6H3. The SMILES string of the molecule is CC(C)[Si](C(=O)C(Nc1ccccc1)c1ccccc1)(C(C)C)C(C)C. The van der Waals surface area contributed by atoms with Crippen molar-refractivity contribution in [3.63, 3.8) is 0 Å². The number of carbonyl (C=O) groups excluding carboxylic acids is 1. The minimum absolute atomic E-state index is 0.294. The van der Waals surface area contributed by atoms with Gasteiger partial charge in [-0.25, -0.2) is 0 Å². The van der Waals surface area contributed by atoms with Gasteiger partial charge in [-0.1, -0.05) is 90.1 Å². The minimum atomic E-state index is -2.23. The molecule has 0 aliphatic rings. The van der Waals surface area contributed by atoms with Crippen LogP contribution in [0.5, 0.6) is 0 Å². The van der Waals surface area contributed by atoms with E-state index in [1.807, 2.05) is 48.5 Å². The number of hydrogen-bond donors (Lipinski definition) is 1. The molecule has 1 N–H and O–H groups in total. The lowest BCUT2D eigenvalue weighted by atomic mass is 10.1. The van der Waals surface area contributed by atoms with Crippen molar-refractivity contribution in [2.45, 2.75) is 64.2 Å². The van der Waals surface area contributed by atoms with Crippen molar-refractivity contribution in [3.05, 3.63) is 66.2 Å². The molecule has 2 nitrogen and oxygen atoms in total. The topological polar surface area (TPSA) is 29.1 Å². The molecule has 2 aromatic carbocycles. The smallest absolute Gasteiger partial charge is 0.143 e. The highest BCUT2D eigenvalue weighted by Crippen LogP contribution is 2.45. The lowest BCUT2D eigenvalue weighted by Gasteiger charge is -2.43. The van der Waals surface area contributed by atoms with Gasteiger partial charge in [0.25, 0.3) is 0 Å². The molecular formula is C23H33NOSi. The molecule has 0 fully saturated rings. The minimum Gasteiger partial charge on any atom is -0.372 e. The summed E-state index contributed by atoms with van der Waals surface area (Å²) in [5.41, 5.74) is 3.26. The van der Waals surface area contributed by atoms with Gasteiger partial charge in [-0.05, 0) is 34.3 Å². The molecule has 1 unspecified atom stereocenters. The van der Waals surface area contributed by atoms with E-state index in [4.69, 9.17) is 0 Å². The molecule has 140 valence electrons. The first-order valence-electron chi connectivity index (χ1n) is 9.72. The van der Waals surface area contributed by atoms with Crippen LogP contribution in [0, 0.1) is 0 Å². The third kappa shape index (κ3) is 3.93. The van der Waals surface area contributed by atoms with Crippen LogP contribution >= 0.6 is 0 Å². The highest BCUT2D eigenvalue weighted by molar-refractivity contribution is 7.09. The molecule has 0 heterocycles. The Labute approximate surface area is 160 Å². The molecule has 26 heavy (non-hydrogen) atoms. The molecule has 3 heteroatoms. The second-order valence-electron chi connectivity index (χ2n) is 8.12. The van der Waals surface area contributed by atoms with E-state index >= 15 is 0 Å². The summed E-state index contributed by atoms with van der Waals surface area (Å²) >= 11 is 0. The Morgan fingerprint density at radius 1 is 0.731 bits per heavy atom. The van der Waals surface area contributed by atoms with E-state index in [2.05, 4.69) is 59.0 Å². The summed E-state index contributed by atoms with van der Waals surface area (Å²) in [6.07, 6.45) is 0. The van der Waals surface area contributed by atoms with Gasteiger partial charge in [0.2, 0.25) is 0 Å². The number of hydrogen-bond acceptors (Lipinski definition) is 2. The maximum atomic E-state index is 14.1. The summed E-state index contributed by atoms with van der Waals surface area (Å²) in [5.74, 6) is 0. The van der Waals surface area contributed by atoms with E-state index in [1.54, 1.807) is 0 Å². The van der Waals surface area contributed by atoms with E-state index in [0.717, 1.165) is 11.3 Å². The monoisotopic (exact) mass is 367 g/mol. The van der Waals surface area contributed by atoms with Gasteiger partial charge in [0.15, 0.2) is 0 Å². The highest BCUT2D eigenvalue weighted by Gasteiger charge is 2.51. The molecule has 0 aliphatic heterocycles. The molecule has 0 aliphatic carbocycles. The maximum Gasteiger partial charge on any atom is 0.143 e. The lowest BCUT2D eigenvalue weighted by Crippen LogP contribution is -2.55. The average Bonchev–Trinajstić information content (AvgIpc) is 2.60. The zero-order valence-corrected chi connectivity index (χ0v) is 18.0. The van der Waals surface area contributed by atoms with Gasteiger partial charge in [0.05, 0.1) is 0 Å². The van der Waals surface area contributed by atoms with Crippen molar-refractivity contribution in [1.82, 2.24) is 0 Å². The van der Waals surface area contributed by atoms with Crippen molar-refractivity contribution in [2.24, 2.45) is 0 Å². The number of nitrogens with one attached hydrogen (secondary N) is 1. The Kier molecular flexibility index (Phi) is 6.82. The van der Waals surface area contributed by atoms with Crippen molar-refractivity contribution in [1.29, 1.82) is 0 Å². The first kappa shape index (κ1) is 20.4. The van der Waals surface area contributed by atoms with Crippen molar-refractivity contribution < 1.29 is 4.79 Å². The van der Waals surface area contributed by atoms with Crippen LogP contribution in [0.15, 0.2) is 60.7 Å². The molecule has 2 aromatic rings. The van der Waals surface area contributed by atoms with E-state index in [-0.39, 0.29) is 6.04 Å². The summed E-state index contributed by atoms with van der Waals surface area (Å²) in [5, 5.41) is 3.97. The normalized spacial score (nSPS) is 13.3. The largest absolute Gasteiger partial charge is 0.372 e. The predicted octanol–water partition coefficient (Wildman–Crippen LogP) is 6.63. The van der Waals surface area contributed by atoms with Gasteiger partial charge in [-0.3, -0.25) is 0 Å². The first-order chi connectivity index (χ1) is 12.3. The molecule has 0 saturated heterocycles. The zero-order chi connectivity index (χ0) is 19.3. The summed E-state index contributed by atoms with van der Waals surface area (Å²) in [6.45, 7) is 13.5. The van der Waals surface area contributed by atoms with Gasteiger partial charge in [-0.15, -0.1) is 0 Å². The second kappa shape index (κ2) is 8.68. The molecule has 0 aromatic heterocycles. The van der Waals surface area contributed by atoms with Crippen LogP contribution in [0.4, 0.5) is 5.69 Å². The van der Waals surface area contributed by atoms with E-state index in [0.29, 0.717) is 22.0 Å². The third-order valence-electron chi connectivity index (χ3n) is 5.77. The van der Waals surface area contributed by atoms with Crippen LogP contribution in [-0.2, 0) is 4.79 Å². The second-order valence-corrected chi connectivity index (χ2v) is 13.9. The fourth-order valence-electron chi connectivity index (χ4n) is 4.75. The van der Waals surface area contributed by atoms with Gasteiger partial charge in [0.1, 0.15) is 19.5 Å². The Morgan fingerprint density at radius 2 is 1.15 bits per heavy atom. The fourth-order valence-corrected chi connectivity index (χ4v) is 11.2. The lowest BCUT2D eigenvalue weighted by molar-refractivity contribution is -0.113. The molecule has 0 bridgehead atoms. The average molecular weight is 368 g/mol. The molecule has 1 atom stereocenters. The maximum absolute atomic E-state index is 14.1.